The number of ether oxygens (including phenoxy) is 1. The summed E-state index contributed by atoms with van der Waals surface area (Å²) in [5, 5.41) is 10.5. The maximum atomic E-state index is 10.9. The van der Waals surface area contributed by atoms with Crippen LogP contribution in [0.5, 0.6) is 0 Å². The molecule has 0 atom stereocenters. The molecule has 1 N–H and O–H groups in total. The van der Waals surface area contributed by atoms with Gasteiger partial charge in [-0.3, -0.25) is 4.79 Å². The van der Waals surface area contributed by atoms with Crippen LogP contribution in [0.4, 0.5) is 0 Å². The van der Waals surface area contributed by atoms with Gasteiger partial charge in [-0.2, -0.15) is 5.26 Å². The van der Waals surface area contributed by atoms with Crippen molar-refractivity contribution in [3.63, 3.8) is 0 Å². The van der Waals surface area contributed by atoms with Gasteiger partial charge in [-0.05, 0) is 20.8 Å². The Morgan fingerprint density at radius 2 is 2.17 bits per heavy atom. The summed E-state index contributed by atoms with van der Waals surface area (Å²) < 4.78 is 5.17. The Morgan fingerprint density at radius 1 is 1.58 bits per heavy atom. The summed E-state index contributed by atoms with van der Waals surface area (Å²) in [6.07, 6.45) is 0. The summed E-state index contributed by atoms with van der Waals surface area (Å²) in [6, 6.07) is 1.81. The van der Waals surface area contributed by atoms with Crippen molar-refractivity contribution in [1.82, 2.24) is 5.32 Å². The highest BCUT2D eigenvalue weighted by molar-refractivity contribution is 5.77. The molecule has 4 nitrogen and oxygen atoms in total. The largest absolute Gasteiger partial charge is 0.366 e. The quantitative estimate of drug-likeness (QED) is 0.625. The average Bonchev–Trinajstić information content (AvgIpc) is 1.95. The maximum absolute atomic E-state index is 10.9. The van der Waals surface area contributed by atoms with E-state index >= 15 is 0 Å². The van der Waals surface area contributed by atoms with Crippen LogP contribution in [0.15, 0.2) is 0 Å². The number of rotatable bonds is 3. The minimum Gasteiger partial charge on any atom is -0.366 e. The summed E-state index contributed by atoms with van der Waals surface area (Å²) >= 11 is 0. The number of carbonyl (C=O) groups is 1. The molecule has 0 aromatic heterocycles. The molecule has 0 aromatic rings. The molecule has 0 saturated heterocycles. The van der Waals surface area contributed by atoms with E-state index in [-0.39, 0.29) is 24.7 Å². The molecule has 0 aromatic carbocycles. The highest BCUT2D eigenvalue weighted by Crippen LogP contribution is 2.05. The molecule has 12 heavy (non-hydrogen) atoms. The van der Waals surface area contributed by atoms with Crippen LogP contribution in [0.3, 0.4) is 0 Å². The Bertz CT molecular complexity index is 188. The van der Waals surface area contributed by atoms with Crippen LogP contribution in [0, 0.1) is 11.3 Å². The van der Waals surface area contributed by atoms with Crippen molar-refractivity contribution in [3.8, 4) is 6.07 Å². The second-order valence-electron chi connectivity index (χ2n) is 3.34. The third kappa shape index (κ3) is 7.03. The van der Waals surface area contributed by atoms with Crippen molar-refractivity contribution in [1.29, 1.82) is 5.26 Å². The molecule has 0 spiro atoms. The summed E-state index contributed by atoms with van der Waals surface area (Å²) in [6.45, 7) is 5.64. The molecular weight excluding hydrogens is 156 g/mol. The first-order chi connectivity index (χ1) is 5.45. The normalized spacial score (nSPS) is 10.5. The topological polar surface area (TPSA) is 62.1 Å². The summed E-state index contributed by atoms with van der Waals surface area (Å²) in [7, 11) is 0. The van der Waals surface area contributed by atoms with Crippen molar-refractivity contribution in [2.45, 2.75) is 26.4 Å². The lowest BCUT2D eigenvalue weighted by Gasteiger charge is -2.18. The molecule has 0 unspecified atom stereocenters. The van der Waals surface area contributed by atoms with Gasteiger partial charge in [0.25, 0.3) is 0 Å². The Balaban J connectivity index is 3.53. The van der Waals surface area contributed by atoms with Crippen molar-refractivity contribution in [2.24, 2.45) is 0 Å². The van der Waals surface area contributed by atoms with Crippen molar-refractivity contribution in [3.05, 3.63) is 0 Å². The fourth-order valence-corrected chi connectivity index (χ4v) is 0.471. The number of nitrogens with zero attached hydrogens (tertiary/aromatic N) is 1. The average molecular weight is 170 g/mol. The van der Waals surface area contributed by atoms with Crippen LogP contribution in [0.25, 0.3) is 0 Å². The molecule has 0 saturated carbocycles. The zero-order valence-electron chi connectivity index (χ0n) is 7.68. The molecule has 4 heteroatoms. The van der Waals surface area contributed by atoms with Gasteiger partial charge in [0, 0.05) is 0 Å². The van der Waals surface area contributed by atoms with E-state index in [1.54, 1.807) is 0 Å². The number of nitrogens with one attached hydrogen (secondary N) is 1. The molecule has 68 valence electrons. The Morgan fingerprint density at radius 3 is 2.58 bits per heavy atom. The van der Waals surface area contributed by atoms with Crippen LogP contribution in [-0.4, -0.2) is 24.7 Å². The number of hydrogen-bond donors (Lipinski definition) is 1. The first kappa shape index (κ1) is 10.9. The van der Waals surface area contributed by atoms with E-state index in [2.05, 4.69) is 5.32 Å². The number of nitriles is 1. The fourth-order valence-electron chi connectivity index (χ4n) is 0.471. The molecule has 0 aliphatic carbocycles. The van der Waals surface area contributed by atoms with Gasteiger partial charge >= 0.3 is 0 Å². The fraction of sp³-hybridized carbons (Fsp3) is 0.750. The first-order valence-electron chi connectivity index (χ1n) is 3.73. The Kier molecular flexibility index (Phi) is 4.30. The van der Waals surface area contributed by atoms with Gasteiger partial charge in [0.1, 0.15) is 13.2 Å². The number of hydrogen-bond acceptors (Lipinski definition) is 3. The van der Waals surface area contributed by atoms with Gasteiger partial charge in [0.05, 0.1) is 11.7 Å². The number of carbonyl (C=O) groups excluding carboxylic acids is 1. The SMILES string of the molecule is CC(C)(C)OCC(=O)NCC#N. The summed E-state index contributed by atoms with van der Waals surface area (Å²) in [5.74, 6) is -0.258. The van der Waals surface area contributed by atoms with E-state index in [0.717, 1.165) is 0 Å². The van der Waals surface area contributed by atoms with Crippen molar-refractivity contribution in [2.75, 3.05) is 13.2 Å². The zero-order chi connectivity index (χ0) is 9.61. The molecule has 0 aliphatic heterocycles. The first-order valence-corrected chi connectivity index (χ1v) is 3.73. The molecule has 0 radical (unpaired) electrons. The van der Waals surface area contributed by atoms with Gasteiger partial charge in [-0.15, -0.1) is 0 Å². The van der Waals surface area contributed by atoms with Gasteiger partial charge in [0.2, 0.25) is 5.91 Å². The predicted octanol–water partition coefficient (Wildman–Crippen LogP) is 0.441. The summed E-state index contributed by atoms with van der Waals surface area (Å²) in [4.78, 5) is 10.9. The molecule has 0 bridgehead atoms. The van der Waals surface area contributed by atoms with Gasteiger partial charge < -0.3 is 10.1 Å². The maximum Gasteiger partial charge on any atom is 0.246 e. The van der Waals surface area contributed by atoms with E-state index < -0.39 is 0 Å². The van der Waals surface area contributed by atoms with E-state index in [4.69, 9.17) is 10.00 Å². The standard InChI is InChI=1S/C8H14N2O2/c1-8(2,3)12-6-7(11)10-5-4-9/h5-6H2,1-3H3,(H,10,11). The third-order valence-electron chi connectivity index (χ3n) is 1.00. The van der Waals surface area contributed by atoms with Crippen molar-refractivity contribution >= 4 is 5.91 Å². The van der Waals surface area contributed by atoms with Crippen molar-refractivity contribution < 1.29 is 9.53 Å². The highest BCUT2D eigenvalue weighted by atomic mass is 16.5. The molecule has 0 heterocycles. The lowest BCUT2D eigenvalue weighted by atomic mass is 10.2. The second-order valence-corrected chi connectivity index (χ2v) is 3.34. The van der Waals surface area contributed by atoms with Gasteiger partial charge in [0.15, 0.2) is 0 Å². The van der Waals surface area contributed by atoms with Crippen LogP contribution in [0.1, 0.15) is 20.8 Å². The smallest absolute Gasteiger partial charge is 0.246 e. The van der Waals surface area contributed by atoms with E-state index in [9.17, 15) is 4.79 Å². The minimum absolute atomic E-state index is 0.00514. The lowest BCUT2D eigenvalue weighted by molar-refractivity contribution is -0.130. The van der Waals surface area contributed by atoms with E-state index in [1.807, 2.05) is 26.8 Å². The summed E-state index contributed by atoms with van der Waals surface area (Å²) in [5.41, 5.74) is -0.315. The minimum atomic E-state index is -0.315. The third-order valence-corrected chi connectivity index (χ3v) is 1.00. The number of amides is 1. The van der Waals surface area contributed by atoms with Gasteiger partial charge in [-0.1, -0.05) is 0 Å². The van der Waals surface area contributed by atoms with Crippen LogP contribution in [-0.2, 0) is 9.53 Å². The molecule has 1 amide bonds. The highest BCUT2D eigenvalue weighted by Gasteiger charge is 2.12. The van der Waals surface area contributed by atoms with Gasteiger partial charge in [-0.25, -0.2) is 0 Å². The monoisotopic (exact) mass is 170 g/mol. The predicted molar refractivity (Wildman–Crippen MR) is 44.3 cm³/mol. The van der Waals surface area contributed by atoms with Crippen LogP contribution < -0.4 is 5.32 Å². The molecular formula is C8H14N2O2. The second kappa shape index (κ2) is 4.73. The van der Waals surface area contributed by atoms with E-state index in [1.165, 1.54) is 0 Å². The molecule has 0 aliphatic rings. The molecule has 0 fully saturated rings. The Hall–Kier alpha value is -1.08. The van der Waals surface area contributed by atoms with E-state index in [0.29, 0.717) is 0 Å². The lowest BCUT2D eigenvalue weighted by Crippen LogP contribution is -2.32. The van der Waals surface area contributed by atoms with Crippen LogP contribution in [0.2, 0.25) is 0 Å². The van der Waals surface area contributed by atoms with Crippen LogP contribution >= 0.6 is 0 Å². The zero-order valence-corrected chi connectivity index (χ0v) is 7.68. The molecule has 0 rings (SSSR count). The Labute approximate surface area is 72.5 Å².